The third-order valence-electron chi connectivity index (χ3n) is 5.43. The van der Waals surface area contributed by atoms with Crippen molar-refractivity contribution in [1.82, 2.24) is 0 Å². The van der Waals surface area contributed by atoms with Gasteiger partial charge in [-0.15, -0.1) is 5.11 Å². The Bertz CT molecular complexity index is 1620. The monoisotopic (exact) mass is 525 g/mol. The third kappa shape index (κ3) is 5.15. The summed E-state index contributed by atoms with van der Waals surface area (Å²) in [5.74, 6) is -0.372. The number of ether oxygens (including phenoxy) is 1. The Morgan fingerprint density at radius 1 is 1.03 bits per heavy atom. The number of phenols is 1. The summed E-state index contributed by atoms with van der Waals surface area (Å²) in [4.78, 5) is 12.6. The topological polar surface area (TPSA) is 138 Å². The summed E-state index contributed by atoms with van der Waals surface area (Å²) in [6.07, 6.45) is 0. The van der Waals surface area contributed by atoms with Crippen LogP contribution in [0.15, 0.2) is 81.9 Å². The number of carbonyl (C=O) groups excluding carboxylic acids is 1. The van der Waals surface area contributed by atoms with Gasteiger partial charge >= 0.3 is 0 Å². The minimum absolute atomic E-state index is 0.000706. The van der Waals surface area contributed by atoms with E-state index in [1.54, 1.807) is 55.5 Å². The normalized spacial score (nSPS) is 11.7. The highest BCUT2D eigenvalue weighted by molar-refractivity contribution is 7.85. The second-order valence-electron chi connectivity index (χ2n) is 7.75. The number of phenolic OH excluding ortho intramolecular Hbond substituents is 1. The Hall–Kier alpha value is -3.99. The van der Waals surface area contributed by atoms with Gasteiger partial charge in [-0.2, -0.15) is 13.5 Å². The molecule has 0 spiro atoms. The van der Waals surface area contributed by atoms with Gasteiger partial charge < -0.3 is 15.2 Å². The quantitative estimate of drug-likeness (QED) is 0.196. The summed E-state index contributed by atoms with van der Waals surface area (Å²) >= 11 is 6.11. The molecule has 9 nitrogen and oxygen atoms in total. The molecular weight excluding hydrogens is 506 g/mol. The number of azo groups is 1. The number of halogens is 1. The van der Waals surface area contributed by atoms with Gasteiger partial charge in [-0.05, 0) is 60.3 Å². The van der Waals surface area contributed by atoms with Gasteiger partial charge in [0.15, 0.2) is 5.75 Å². The number of benzene rings is 4. The molecule has 0 aromatic heterocycles. The van der Waals surface area contributed by atoms with Gasteiger partial charge in [-0.3, -0.25) is 9.35 Å². The molecule has 0 atom stereocenters. The van der Waals surface area contributed by atoms with E-state index in [0.717, 1.165) is 12.1 Å². The number of fused-ring (bicyclic) bond motifs is 1. The van der Waals surface area contributed by atoms with Crippen LogP contribution >= 0.6 is 11.6 Å². The van der Waals surface area contributed by atoms with Crippen LogP contribution in [0.5, 0.6) is 11.5 Å². The zero-order chi connectivity index (χ0) is 26.0. The fraction of sp³-hybridized carbons (Fsp3) is 0.0800. The lowest BCUT2D eigenvalue weighted by molar-refractivity contribution is 0.102. The van der Waals surface area contributed by atoms with E-state index in [0.29, 0.717) is 27.8 Å². The van der Waals surface area contributed by atoms with Crippen molar-refractivity contribution in [3.8, 4) is 11.5 Å². The van der Waals surface area contributed by atoms with E-state index >= 15 is 0 Å². The van der Waals surface area contributed by atoms with Crippen LogP contribution in [0.4, 0.5) is 17.1 Å². The fourth-order valence-electron chi connectivity index (χ4n) is 3.46. The zero-order valence-electron chi connectivity index (χ0n) is 19.1. The first kappa shape index (κ1) is 25.1. The maximum atomic E-state index is 13.0. The van der Waals surface area contributed by atoms with E-state index in [1.165, 1.54) is 13.2 Å². The summed E-state index contributed by atoms with van der Waals surface area (Å²) in [5.41, 5.74) is 0.918. The highest BCUT2D eigenvalue weighted by Gasteiger charge is 2.19. The first-order chi connectivity index (χ1) is 17.1. The molecule has 0 aliphatic carbocycles. The summed E-state index contributed by atoms with van der Waals surface area (Å²) < 4.78 is 37.7. The lowest BCUT2D eigenvalue weighted by atomic mass is 10.0. The highest BCUT2D eigenvalue weighted by atomic mass is 35.5. The molecule has 0 aliphatic heterocycles. The molecule has 0 saturated carbocycles. The number of hydrogen-bond acceptors (Lipinski definition) is 7. The van der Waals surface area contributed by atoms with Gasteiger partial charge in [0.1, 0.15) is 11.4 Å². The van der Waals surface area contributed by atoms with Crippen LogP contribution in [0.2, 0.25) is 5.02 Å². The largest absolute Gasteiger partial charge is 0.505 e. The Balaban J connectivity index is 1.79. The number of amides is 1. The minimum atomic E-state index is -4.54. The number of anilines is 1. The first-order valence-electron chi connectivity index (χ1n) is 10.5. The fourth-order valence-corrected chi connectivity index (χ4v) is 4.27. The molecule has 184 valence electrons. The van der Waals surface area contributed by atoms with Gasteiger partial charge in [0, 0.05) is 16.1 Å². The molecule has 0 unspecified atom stereocenters. The van der Waals surface area contributed by atoms with Crippen molar-refractivity contribution in [1.29, 1.82) is 0 Å². The van der Waals surface area contributed by atoms with Gasteiger partial charge in [-0.1, -0.05) is 35.9 Å². The predicted molar refractivity (Wildman–Crippen MR) is 137 cm³/mol. The molecule has 0 saturated heterocycles. The van der Waals surface area contributed by atoms with Crippen LogP contribution in [0, 0.1) is 6.92 Å². The lowest BCUT2D eigenvalue weighted by Gasteiger charge is -2.12. The molecule has 0 aliphatic rings. The molecule has 0 radical (unpaired) electrons. The number of rotatable bonds is 6. The van der Waals surface area contributed by atoms with Crippen LogP contribution in [0.3, 0.4) is 0 Å². The summed E-state index contributed by atoms with van der Waals surface area (Å²) in [6.45, 7) is 1.60. The van der Waals surface area contributed by atoms with Crippen molar-refractivity contribution in [2.24, 2.45) is 10.2 Å². The second kappa shape index (κ2) is 9.94. The molecule has 0 heterocycles. The Morgan fingerprint density at radius 2 is 1.72 bits per heavy atom. The molecule has 0 fully saturated rings. The third-order valence-corrected chi connectivity index (χ3v) is 6.66. The zero-order valence-corrected chi connectivity index (χ0v) is 20.6. The molecule has 36 heavy (non-hydrogen) atoms. The minimum Gasteiger partial charge on any atom is -0.505 e. The summed E-state index contributed by atoms with van der Waals surface area (Å²) in [6, 6.07) is 17.4. The smallest absolute Gasteiger partial charge is 0.294 e. The Morgan fingerprint density at radius 3 is 2.39 bits per heavy atom. The summed E-state index contributed by atoms with van der Waals surface area (Å²) in [7, 11) is -3.01. The standard InChI is InChI=1S/C25H20ClN3O6S/c1-14-21(26)12-18(36(32,33)34)13-22(14)28-29-23-19-6-4-3-5-15(19)11-20(24(23)30)25(31)27-16-7-9-17(35-2)10-8-16/h3-13,30H,1-2H3,(H,27,31)(H,32,33,34). The van der Waals surface area contributed by atoms with Crippen molar-refractivity contribution in [3.63, 3.8) is 0 Å². The summed E-state index contributed by atoms with van der Waals surface area (Å²) in [5, 5.41) is 23.1. The Kier molecular flexibility index (Phi) is 6.93. The molecule has 4 aromatic carbocycles. The van der Waals surface area contributed by atoms with Crippen LogP contribution in [-0.2, 0) is 10.1 Å². The highest BCUT2D eigenvalue weighted by Crippen LogP contribution is 2.40. The van der Waals surface area contributed by atoms with Gasteiger partial charge in [-0.25, -0.2) is 0 Å². The number of nitrogens with zero attached hydrogens (tertiary/aromatic N) is 2. The number of methoxy groups -OCH3 is 1. The maximum absolute atomic E-state index is 13.0. The van der Waals surface area contributed by atoms with Gasteiger partial charge in [0.2, 0.25) is 0 Å². The average Bonchev–Trinajstić information content (AvgIpc) is 2.85. The van der Waals surface area contributed by atoms with E-state index in [-0.39, 0.29) is 22.0 Å². The van der Waals surface area contributed by atoms with Crippen molar-refractivity contribution >= 4 is 55.5 Å². The first-order valence-corrected chi connectivity index (χ1v) is 12.3. The van der Waals surface area contributed by atoms with Crippen LogP contribution in [0.1, 0.15) is 15.9 Å². The molecular formula is C25H20ClN3O6S. The van der Waals surface area contributed by atoms with Crippen molar-refractivity contribution in [2.45, 2.75) is 11.8 Å². The van der Waals surface area contributed by atoms with Gasteiger partial charge in [0.05, 0.1) is 23.3 Å². The van der Waals surface area contributed by atoms with Crippen LogP contribution < -0.4 is 10.1 Å². The van der Waals surface area contributed by atoms with E-state index < -0.39 is 26.7 Å². The number of carbonyl (C=O) groups is 1. The van der Waals surface area contributed by atoms with Crippen LogP contribution in [0.25, 0.3) is 10.8 Å². The van der Waals surface area contributed by atoms with E-state index in [9.17, 15) is 22.9 Å². The SMILES string of the molecule is COc1ccc(NC(=O)c2cc3ccccc3c(N=Nc3cc(S(=O)(=O)O)cc(Cl)c3C)c2O)cc1. The second-order valence-corrected chi connectivity index (χ2v) is 9.58. The molecule has 4 rings (SSSR count). The van der Waals surface area contributed by atoms with Crippen molar-refractivity contribution in [2.75, 3.05) is 12.4 Å². The van der Waals surface area contributed by atoms with Crippen LogP contribution in [-0.4, -0.2) is 31.1 Å². The van der Waals surface area contributed by atoms with Gasteiger partial charge in [0.25, 0.3) is 16.0 Å². The van der Waals surface area contributed by atoms with Crippen molar-refractivity contribution in [3.05, 3.63) is 82.9 Å². The number of aromatic hydroxyl groups is 1. The molecule has 11 heteroatoms. The number of hydrogen-bond donors (Lipinski definition) is 3. The molecule has 4 aromatic rings. The van der Waals surface area contributed by atoms with E-state index in [4.69, 9.17) is 16.3 Å². The molecule has 0 bridgehead atoms. The molecule has 3 N–H and O–H groups in total. The average molecular weight is 526 g/mol. The predicted octanol–water partition coefficient (Wildman–Crippen LogP) is 6.43. The number of nitrogens with one attached hydrogen (secondary N) is 1. The maximum Gasteiger partial charge on any atom is 0.294 e. The Labute approximate surface area is 211 Å². The van der Waals surface area contributed by atoms with E-state index in [1.807, 2.05) is 0 Å². The van der Waals surface area contributed by atoms with E-state index in [2.05, 4.69) is 15.5 Å². The lowest BCUT2D eigenvalue weighted by Crippen LogP contribution is -2.12. The van der Waals surface area contributed by atoms with Crippen molar-refractivity contribution < 1.29 is 27.6 Å². The molecule has 1 amide bonds.